The van der Waals surface area contributed by atoms with Crippen LogP contribution in [-0.2, 0) is 6.42 Å². The largest absolute Gasteiger partial charge is 0.493 e. The van der Waals surface area contributed by atoms with E-state index in [-0.39, 0.29) is 5.91 Å². The number of carbonyl (C=O) groups is 1. The van der Waals surface area contributed by atoms with Gasteiger partial charge in [0, 0.05) is 0 Å². The summed E-state index contributed by atoms with van der Waals surface area (Å²) in [5.74, 6) is 0.389. The number of para-hydroxylation sites is 1. The number of nitrogens with zero attached hydrogens (tertiary/aromatic N) is 1. The number of aryl methyl sites for hydroxylation is 1. The quantitative estimate of drug-likeness (QED) is 0.627. The van der Waals surface area contributed by atoms with Gasteiger partial charge in [-0.25, -0.2) is 4.98 Å². The van der Waals surface area contributed by atoms with E-state index in [1.165, 1.54) is 29.7 Å². The van der Waals surface area contributed by atoms with Gasteiger partial charge in [-0.2, -0.15) is 0 Å². The lowest BCUT2D eigenvalue weighted by molar-refractivity contribution is 0.102. The number of benzene rings is 2. The highest BCUT2D eigenvalue weighted by Gasteiger charge is 2.14. The van der Waals surface area contributed by atoms with Crippen LogP contribution in [0.3, 0.4) is 0 Å². The molecule has 0 atom stereocenters. The van der Waals surface area contributed by atoms with E-state index in [1.807, 2.05) is 25.1 Å². The molecule has 0 fully saturated rings. The summed E-state index contributed by atoms with van der Waals surface area (Å²) >= 11 is 1.50. The third kappa shape index (κ3) is 4.17. The van der Waals surface area contributed by atoms with E-state index in [0.29, 0.717) is 23.1 Å². The summed E-state index contributed by atoms with van der Waals surface area (Å²) in [4.78, 5) is 17.1. The van der Waals surface area contributed by atoms with E-state index >= 15 is 0 Å². The molecule has 0 aliphatic carbocycles. The van der Waals surface area contributed by atoms with Gasteiger partial charge in [0.1, 0.15) is 5.75 Å². The average Bonchev–Trinajstić information content (AvgIpc) is 3.02. The summed E-state index contributed by atoms with van der Waals surface area (Å²) in [5, 5.41) is 3.51. The standard InChI is InChI=1S/C20H22N2O2S/c1-3-5-8-14-11-12-16-18(13-14)25-20(21-16)22-19(23)15-9-6-7-10-17(15)24-4-2/h6-7,9-13H,3-5,8H2,1-2H3,(H,21,22,23). The Kier molecular flexibility index (Phi) is 5.66. The molecule has 25 heavy (non-hydrogen) atoms. The van der Waals surface area contributed by atoms with Crippen LogP contribution >= 0.6 is 11.3 Å². The number of carbonyl (C=O) groups excluding carboxylic acids is 1. The Morgan fingerprint density at radius 2 is 2.04 bits per heavy atom. The first kappa shape index (κ1) is 17.4. The Labute approximate surface area is 151 Å². The van der Waals surface area contributed by atoms with Crippen LogP contribution in [0.1, 0.15) is 42.6 Å². The molecule has 0 aliphatic rings. The number of anilines is 1. The monoisotopic (exact) mass is 354 g/mol. The van der Waals surface area contributed by atoms with Gasteiger partial charge in [0.25, 0.3) is 5.91 Å². The van der Waals surface area contributed by atoms with Crippen LogP contribution in [0.5, 0.6) is 5.75 Å². The fourth-order valence-electron chi connectivity index (χ4n) is 2.66. The van der Waals surface area contributed by atoms with Crippen molar-refractivity contribution in [3.63, 3.8) is 0 Å². The molecule has 0 aliphatic heterocycles. The Balaban J connectivity index is 1.79. The summed E-state index contributed by atoms with van der Waals surface area (Å²) in [6.45, 7) is 4.61. The van der Waals surface area contributed by atoms with Gasteiger partial charge in [0.2, 0.25) is 0 Å². The van der Waals surface area contributed by atoms with Gasteiger partial charge in [0.15, 0.2) is 5.13 Å². The minimum absolute atomic E-state index is 0.200. The number of rotatable bonds is 7. The second kappa shape index (κ2) is 8.12. The van der Waals surface area contributed by atoms with Crippen molar-refractivity contribution in [1.29, 1.82) is 0 Å². The summed E-state index contributed by atoms with van der Waals surface area (Å²) in [6, 6.07) is 13.6. The Morgan fingerprint density at radius 3 is 2.84 bits per heavy atom. The lowest BCUT2D eigenvalue weighted by Gasteiger charge is -2.08. The number of aromatic nitrogens is 1. The van der Waals surface area contributed by atoms with Crippen LogP contribution in [0, 0.1) is 0 Å². The lowest BCUT2D eigenvalue weighted by atomic mass is 10.1. The number of fused-ring (bicyclic) bond motifs is 1. The molecule has 0 spiro atoms. The van der Waals surface area contributed by atoms with Crippen molar-refractivity contribution in [2.45, 2.75) is 33.1 Å². The van der Waals surface area contributed by atoms with Gasteiger partial charge in [-0.3, -0.25) is 10.1 Å². The fourth-order valence-corrected chi connectivity index (χ4v) is 3.58. The number of hydrogen-bond acceptors (Lipinski definition) is 4. The Morgan fingerprint density at radius 1 is 1.20 bits per heavy atom. The van der Waals surface area contributed by atoms with E-state index in [2.05, 4.69) is 29.4 Å². The fraction of sp³-hybridized carbons (Fsp3) is 0.300. The molecule has 1 amide bonds. The maximum atomic E-state index is 12.6. The van der Waals surface area contributed by atoms with E-state index in [1.54, 1.807) is 12.1 Å². The SMILES string of the molecule is CCCCc1ccc2nc(NC(=O)c3ccccc3OCC)sc2c1. The Bertz CT molecular complexity index is 873. The highest BCUT2D eigenvalue weighted by atomic mass is 32.1. The van der Waals surface area contributed by atoms with Crippen LogP contribution in [0.4, 0.5) is 5.13 Å². The van der Waals surface area contributed by atoms with Gasteiger partial charge < -0.3 is 4.74 Å². The molecular weight excluding hydrogens is 332 g/mol. The van der Waals surface area contributed by atoms with Gasteiger partial charge in [0.05, 0.1) is 22.4 Å². The maximum Gasteiger partial charge on any atom is 0.261 e. The van der Waals surface area contributed by atoms with Crippen molar-refractivity contribution in [2.24, 2.45) is 0 Å². The smallest absolute Gasteiger partial charge is 0.261 e. The first-order valence-corrected chi connectivity index (χ1v) is 9.45. The number of unbranched alkanes of at least 4 members (excludes halogenated alkanes) is 1. The molecule has 0 saturated carbocycles. The van der Waals surface area contributed by atoms with Gasteiger partial charge in [-0.1, -0.05) is 42.9 Å². The second-order valence-corrected chi connectivity index (χ2v) is 6.84. The third-order valence-corrected chi connectivity index (χ3v) is 4.86. The molecule has 0 unspecified atom stereocenters. The summed E-state index contributed by atoms with van der Waals surface area (Å²) in [7, 11) is 0. The minimum Gasteiger partial charge on any atom is -0.493 e. The second-order valence-electron chi connectivity index (χ2n) is 5.81. The molecule has 1 heterocycles. The zero-order valence-electron chi connectivity index (χ0n) is 14.5. The predicted octanol–water partition coefficient (Wildman–Crippen LogP) is 5.29. The molecule has 130 valence electrons. The number of amides is 1. The molecule has 0 radical (unpaired) electrons. The molecule has 0 bridgehead atoms. The summed E-state index contributed by atoms with van der Waals surface area (Å²) < 4.78 is 6.63. The van der Waals surface area contributed by atoms with E-state index in [0.717, 1.165) is 16.6 Å². The average molecular weight is 354 g/mol. The minimum atomic E-state index is -0.200. The maximum absolute atomic E-state index is 12.6. The third-order valence-electron chi connectivity index (χ3n) is 3.92. The molecule has 0 saturated heterocycles. The normalized spacial score (nSPS) is 10.8. The summed E-state index contributed by atoms with van der Waals surface area (Å²) in [5.41, 5.74) is 2.75. The van der Waals surface area contributed by atoms with Crippen molar-refractivity contribution in [1.82, 2.24) is 4.98 Å². The molecule has 1 N–H and O–H groups in total. The number of hydrogen-bond donors (Lipinski definition) is 1. The van der Waals surface area contributed by atoms with E-state index < -0.39 is 0 Å². The zero-order valence-corrected chi connectivity index (χ0v) is 15.4. The van der Waals surface area contributed by atoms with Crippen molar-refractivity contribution in [3.05, 3.63) is 53.6 Å². The zero-order chi connectivity index (χ0) is 17.6. The number of thiazole rings is 1. The van der Waals surface area contributed by atoms with Crippen molar-refractivity contribution < 1.29 is 9.53 Å². The number of nitrogens with one attached hydrogen (secondary N) is 1. The van der Waals surface area contributed by atoms with Gasteiger partial charge >= 0.3 is 0 Å². The molecule has 2 aromatic carbocycles. The van der Waals surface area contributed by atoms with Crippen LogP contribution in [0.25, 0.3) is 10.2 Å². The van der Waals surface area contributed by atoms with Crippen molar-refractivity contribution in [2.75, 3.05) is 11.9 Å². The van der Waals surface area contributed by atoms with E-state index in [4.69, 9.17) is 4.74 Å². The van der Waals surface area contributed by atoms with Crippen LogP contribution in [0.15, 0.2) is 42.5 Å². The van der Waals surface area contributed by atoms with Gasteiger partial charge in [-0.05, 0) is 49.6 Å². The van der Waals surface area contributed by atoms with Crippen LogP contribution in [0.2, 0.25) is 0 Å². The molecule has 5 heteroatoms. The van der Waals surface area contributed by atoms with Crippen LogP contribution in [-0.4, -0.2) is 17.5 Å². The van der Waals surface area contributed by atoms with Gasteiger partial charge in [-0.15, -0.1) is 0 Å². The predicted molar refractivity (Wildman–Crippen MR) is 104 cm³/mol. The van der Waals surface area contributed by atoms with Crippen molar-refractivity contribution in [3.8, 4) is 5.75 Å². The topological polar surface area (TPSA) is 51.2 Å². The Hall–Kier alpha value is -2.40. The molecule has 4 nitrogen and oxygen atoms in total. The first-order chi connectivity index (χ1) is 12.2. The van der Waals surface area contributed by atoms with Crippen LogP contribution < -0.4 is 10.1 Å². The molecule has 1 aromatic heterocycles. The highest BCUT2D eigenvalue weighted by Crippen LogP contribution is 2.28. The lowest BCUT2D eigenvalue weighted by Crippen LogP contribution is -2.13. The number of ether oxygens (including phenoxy) is 1. The molecular formula is C20H22N2O2S. The highest BCUT2D eigenvalue weighted by molar-refractivity contribution is 7.22. The first-order valence-electron chi connectivity index (χ1n) is 8.64. The molecule has 3 aromatic rings. The summed E-state index contributed by atoms with van der Waals surface area (Å²) in [6.07, 6.45) is 3.44. The van der Waals surface area contributed by atoms with E-state index in [9.17, 15) is 4.79 Å². The molecule has 3 rings (SSSR count). The van der Waals surface area contributed by atoms with Crippen molar-refractivity contribution >= 4 is 32.6 Å².